The van der Waals surface area contributed by atoms with Gasteiger partial charge in [-0.05, 0) is 29.8 Å². The summed E-state index contributed by atoms with van der Waals surface area (Å²) in [5.74, 6) is 0.940. The van der Waals surface area contributed by atoms with Crippen LogP contribution in [0.2, 0.25) is 0 Å². The molecule has 15 heavy (non-hydrogen) atoms. The molecule has 0 saturated carbocycles. The standard InChI is InChI=1S/C9H10BrN4S/c1-3-14(4-2)8-6-7(11-5-15-6)12-9(10)13-8/h3-4H2,1-2H3. The molecule has 2 aromatic rings. The largest absolute Gasteiger partial charge is 0.356 e. The smallest absolute Gasteiger partial charge is 0.200 e. The van der Waals surface area contributed by atoms with Crippen molar-refractivity contribution < 1.29 is 0 Å². The molecule has 0 fully saturated rings. The van der Waals surface area contributed by atoms with Gasteiger partial charge in [0, 0.05) is 13.1 Å². The van der Waals surface area contributed by atoms with Crippen molar-refractivity contribution in [2.45, 2.75) is 13.8 Å². The van der Waals surface area contributed by atoms with Gasteiger partial charge < -0.3 is 4.90 Å². The van der Waals surface area contributed by atoms with Crippen LogP contribution < -0.4 is 4.90 Å². The second kappa shape index (κ2) is 4.40. The van der Waals surface area contributed by atoms with E-state index in [1.54, 1.807) is 0 Å². The third-order valence-corrected chi connectivity index (χ3v) is 3.27. The van der Waals surface area contributed by atoms with Crippen molar-refractivity contribution in [1.29, 1.82) is 0 Å². The maximum absolute atomic E-state index is 4.40. The highest BCUT2D eigenvalue weighted by molar-refractivity contribution is 9.10. The lowest BCUT2D eigenvalue weighted by molar-refractivity contribution is 0.846. The second-order valence-electron chi connectivity index (χ2n) is 2.95. The van der Waals surface area contributed by atoms with E-state index in [4.69, 9.17) is 0 Å². The zero-order valence-electron chi connectivity index (χ0n) is 8.49. The Morgan fingerprint density at radius 2 is 2.07 bits per heavy atom. The first-order chi connectivity index (χ1) is 7.26. The van der Waals surface area contributed by atoms with Crippen molar-refractivity contribution >= 4 is 43.4 Å². The van der Waals surface area contributed by atoms with Crippen molar-refractivity contribution in [2.75, 3.05) is 18.0 Å². The van der Waals surface area contributed by atoms with Crippen LogP contribution in [-0.4, -0.2) is 28.0 Å². The molecule has 0 atom stereocenters. The molecule has 4 nitrogen and oxygen atoms in total. The van der Waals surface area contributed by atoms with Crippen LogP contribution in [0.3, 0.4) is 0 Å². The molecule has 0 aromatic carbocycles. The Kier molecular flexibility index (Phi) is 3.16. The fourth-order valence-electron chi connectivity index (χ4n) is 1.42. The molecular weight excluding hydrogens is 276 g/mol. The molecule has 1 radical (unpaired) electrons. The Balaban J connectivity index is 2.61. The topological polar surface area (TPSA) is 41.9 Å². The predicted molar refractivity (Wildman–Crippen MR) is 65.3 cm³/mol. The van der Waals surface area contributed by atoms with Gasteiger partial charge in [0.1, 0.15) is 4.70 Å². The predicted octanol–water partition coefficient (Wildman–Crippen LogP) is 2.50. The van der Waals surface area contributed by atoms with Crippen LogP contribution in [0.4, 0.5) is 5.82 Å². The zero-order chi connectivity index (χ0) is 10.8. The molecular formula is C9H10BrN4S. The molecule has 0 bridgehead atoms. The number of nitrogens with zero attached hydrogens (tertiary/aromatic N) is 4. The molecule has 6 heteroatoms. The van der Waals surface area contributed by atoms with E-state index >= 15 is 0 Å². The summed E-state index contributed by atoms with van der Waals surface area (Å²) in [7, 11) is 0. The minimum atomic E-state index is 0.580. The number of thiazole rings is 1. The zero-order valence-corrected chi connectivity index (χ0v) is 10.9. The van der Waals surface area contributed by atoms with E-state index in [-0.39, 0.29) is 0 Å². The van der Waals surface area contributed by atoms with Crippen LogP contribution in [0.25, 0.3) is 10.3 Å². The van der Waals surface area contributed by atoms with E-state index in [2.05, 4.69) is 55.1 Å². The number of halogens is 1. The number of rotatable bonds is 3. The molecule has 0 aliphatic rings. The van der Waals surface area contributed by atoms with E-state index in [0.717, 1.165) is 23.6 Å². The first kappa shape index (κ1) is 10.8. The quantitative estimate of drug-likeness (QED) is 0.813. The van der Waals surface area contributed by atoms with Crippen LogP contribution in [0.15, 0.2) is 4.73 Å². The first-order valence-electron chi connectivity index (χ1n) is 4.71. The lowest BCUT2D eigenvalue weighted by Gasteiger charge is -2.19. The molecule has 0 saturated heterocycles. The van der Waals surface area contributed by atoms with Crippen molar-refractivity contribution in [3.8, 4) is 0 Å². The fourth-order valence-corrected chi connectivity index (χ4v) is 2.43. The van der Waals surface area contributed by atoms with E-state index in [1.807, 2.05) is 0 Å². The van der Waals surface area contributed by atoms with Crippen molar-refractivity contribution in [3.63, 3.8) is 0 Å². The van der Waals surface area contributed by atoms with Crippen LogP contribution in [-0.2, 0) is 0 Å². The van der Waals surface area contributed by atoms with Gasteiger partial charge in [-0.1, -0.05) is 0 Å². The monoisotopic (exact) mass is 285 g/mol. The number of aromatic nitrogens is 3. The van der Waals surface area contributed by atoms with E-state index in [0.29, 0.717) is 10.4 Å². The van der Waals surface area contributed by atoms with Gasteiger partial charge >= 0.3 is 0 Å². The molecule has 2 aromatic heterocycles. The Bertz CT molecular complexity index is 466. The highest BCUT2D eigenvalue weighted by Crippen LogP contribution is 2.27. The summed E-state index contributed by atoms with van der Waals surface area (Å²) in [6, 6.07) is 0. The Morgan fingerprint density at radius 1 is 1.33 bits per heavy atom. The molecule has 0 amide bonds. The van der Waals surface area contributed by atoms with Gasteiger partial charge in [-0.2, -0.15) is 0 Å². The van der Waals surface area contributed by atoms with Gasteiger partial charge in [-0.3, -0.25) is 0 Å². The van der Waals surface area contributed by atoms with Gasteiger partial charge in [0.2, 0.25) is 4.73 Å². The van der Waals surface area contributed by atoms with Crippen LogP contribution >= 0.6 is 27.3 Å². The normalized spacial score (nSPS) is 10.9. The minimum Gasteiger partial charge on any atom is -0.356 e. The second-order valence-corrected chi connectivity index (χ2v) is 4.45. The van der Waals surface area contributed by atoms with Gasteiger partial charge in [0.15, 0.2) is 17.0 Å². The highest BCUT2D eigenvalue weighted by atomic mass is 79.9. The number of anilines is 1. The van der Waals surface area contributed by atoms with Crippen LogP contribution in [0.5, 0.6) is 0 Å². The highest BCUT2D eigenvalue weighted by Gasteiger charge is 2.13. The minimum absolute atomic E-state index is 0.580. The summed E-state index contributed by atoms with van der Waals surface area (Å²) in [6.07, 6.45) is 0. The molecule has 0 unspecified atom stereocenters. The number of hydrogen-bond donors (Lipinski definition) is 0. The van der Waals surface area contributed by atoms with Gasteiger partial charge in [0.05, 0.1) is 0 Å². The van der Waals surface area contributed by atoms with E-state index in [1.165, 1.54) is 11.3 Å². The molecule has 0 aliphatic carbocycles. The molecule has 2 rings (SSSR count). The van der Waals surface area contributed by atoms with Crippen molar-refractivity contribution in [1.82, 2.24) is 15.0 Å². The summed E-state index contributed by atoms with van der Waals surface area (Å²) < 4.78 is 1.58. The van der Waals surface area contributed by atoms with Crippen LogP contribution in [0, 0.1) is 5.51 Å². The summed E-state index contributed by atoms with van der Waals surface area (Å²) in [5.41, 5.74) is 3.56. The Labute approximate surface area is 100 Å². The molecule has 79 valence electrons. The summed E-state index contributed by atoms with van der Waals surface area (Å²) in [6.45, 7) is 6.06. The van der Waals surface area contributed by atoms with E-state index in [9.17, 15) is 0 Å². The maximum Gasteiger partial charge on any atom is 0.200 e. The van der Waals surface area contributed by atoms with Crippen molar-refractivity contribution in [3.05, 3.63) is 10.2 Å². The van der Waals surface area contributed by atoms with Crippen LogP contribution in [0.1, 0.15) is 13.8 Å². The maximum atomic E-state index is 4.40. The molecule has 0 aliphatic heterocycles. The van der Waals surface area contributed by atoms with Gasteiger partial charge in [-0.25, -0.2) is 15.0 Å². The Morgan fingerprint density at radius 3 is 2.73 bits per heavy atom. The average Bonchev–Trinajstić information content (AvgIpc) is 2.67. The summed E-state index contributed by atoms with van der Waals surface area (Å²) in [5, 5.41) is 0. The lowest BCUT2D eigenvalue weighted by Crippen LogP contribution is -2.23. The average molecular weight is 286 g/mol. The molecule has 0 N–H and O–H groups in total. The summed E-state index contributed by atoms with van der Waals surface area (Å²) in [4.78, 5) is 14.8. The Hall–Kier alpha value is -0.750. The molecule has 0 spiro atoms. The SMILES string of the molecule is CCN(CC)c1nc(Br)nc2n[c]sc12. The number of hydrogen-bond acceptors (Lipinski definition) is 5. The molecule has 2 heterocycles. The van der Waals surface area contributed by atoms with E-state index < -0.39 is 0 Å². The third kappa shape index (κ3) is 1.96. The first-order valence-corrected chi connectivity index (χ1v) is 6.32. The lowest BCUT2D eigenvalue weighted by atomic mass is 10.4. The fraction of sp³-hybridized carbons (Fsp3) is 0.444. The van der Waals surface area contributed by atoms with Gasteiger partial charge in [0.25, 0.3) is 0 Å². The number of fused-ring (bicyclic) bond motifs is 1. The van der Waals surface area contributed by atoms with Crippen molar-refractivity contribution in [2.24, 2.45) is 0 Å². The summed E-state index contributed by atoms with van der Waals surface area (Å²) >= 11 is 4.75. The third-order valence-electron chi connectivity index (χ3n) is 2.16. The van der Waals surface area contributed by atoms with Gasteiger partial charge in [-0.15, -0.1) is 11.3 Å².